The molecule has 0 radical (unpaired) electrons. The molecule has 1 amide bonds. The quantitative estimate of drug-likeness (QED) is 0.878. The fraction of sp³-hybridized carbons (Fsp3) is 0.562. The summed E-state index contributed by atoms with van der Waals surface area (Å²) in [5.41, 5.74) is 8.07. The van der Waals surface area contributed by atoms with Gasteiger partial charge in [-0.2, -0.15) is 0 Å². The Morgan fingerprint density at radius 2 is 2.16 bits per heavy atom. The van der Waals surface area contributed by atoms with Crippen LogP contribution in [-0.2, 0) is 4.79 Å². The van der Waals surface area contributed by atoms with Crippen LogP contribution >= 0.6 is 0 Å². The number of nitrogens with two attached hydrogens (primary N) is 1. The third-order valence-electron chi connectivity index (χ3n) is 4.55. The second-order valence-electron chi connectivity index (χ2n) is 5.97. The fourth-order valence-corrected chi connectivity index (χ4v) is 2.99. The molecule has 1 aliphatic rings. The van der Waals surface area contributed by atoms with Gasteiger partial charge in [0.25, 0.3) is 0 Å². The lowest BCUT2D eigenvalue weighted by Crippen LogP contribution is -2.48. The molecule has 0 bridgehead atoms. The zero-order chi connectivity index (χ0) is 14.0. The van der Waals surface area contributed by atoms with E-state index in [4.69, 9.17) is 5.73 Å². The van der Waals surface area contributed by atoms with Gasteiger partial charge < -0.3 is 11.1 Å². The first-order chi connectivity index (χ1) is 8.95. The maximum Gasteiger partial charge on any atom is 0.227 e. The van der Waals surface area contributed by atoms with Crippen LogP contribution in [-0.4, -0.2) is 11.9 Å². The van der Waals surface area contributed by atoms with Crippen LogP contribution < -0.4 is 11.1 Å². The SMILES string of the molecule is Cc1ccccc1C(C)NC(=O)C1(C)CCCC1N. The molecular formula is C16H24N2O. The standard InChI is InChI=1S/C16H24N2O/c1-11-7-4-5-8-13(11)12(2)18-15(19)16(3)10-6-9-14(16)17/h4-5,7-8,12,14H,6,9-10,17H2,1-3H3,(H,18,19). The van der Waals surface area contributed by atoms with E-state index in [1.165, 1.54) is 11.1 Å². The first kappa shape index (κ1) is 14.1. The van der Waals surface area contributed by atoms with Gasteiger partial charge in [-0.1, -0.05) is 30.7 Å². The Hall–Kier alpha value is -1.35. The van der Waals surface area contributed by atoms with Gasteiger partial charge in [-0.15, -0.1) is 0 Å². The molecule has 3 unspecified atom stereocenters. The Bertz CT molecular complexity index is 472. The van der Waals surface area contributed by atoms with E-state index in [2.05, 4.69) is 24.4 Å². The Morgan fingerprint density at radius 1 is 1.47 bits per heavy atom. The van der Waals surface area contributed by atoms with Crippen LogP contribution in [0.15, 0.2) is 24.3 Å². The van der Waals surface area contributed by atoms with Crippen molar-refractivity contribution in [2.45, 2.75) is 52.1 Å². The van der Waals surface area contributed by atoms with E-state index in [0.717, 1.165) is 19.3 Å². The van der Waals surface area contributed by atoms with E-state index < -0.39 is 5.41 Å². The minimum atomic E-state index is -0.406. The summed E-state index contributed by atoms with van der Waals surface area (Å²) < 4.78 is 0. The average Bonchev–Trinajstić information content (AvgIpc) is 2.71. The lowest BCUT2D eigenvalue weighted by molar-refractivity contribution is -0.131. The topological polar surface area (TPSA) is 55.1 Å². The average molecular weight is 260 g/mol. The highest BCUT2D eigenvalue weighted by Gasteiger charge is 2.43. The Labute approximate surface area is 115 Å². The normalized spacial score (nSPS) is 28.1. The highest BCUT2D eigenvalue weighted by molar-refractivity contribution is 5.83. The molecule has 0 aromatic heterocycles. The van der Waals surface area contributed by atoms with Crippen molar-refractivity contribution in [3.8, 4) is 0 Å². The van der Waals surface area contributed by atoms with Crippen LogP contribution in [0.4, 0.5) is 0 Å². The van der Waals surface area contributed by atoms with E-state index in [0.29, 0.717) is 0 Å². The Morgan fingerprint density at radius 3 is 2.74 bits per heavy atom. The van der Waals surface area contributed by atoms with Gasteiger partial charge in [0, 0.05) is 6.04 Å². The van der Waals surface area contributed by atoms with Gasteiger partial charge in [0.1, 0.15) is 0 Å². The minimum Gasteiger partial charge on any atom is -0.349 e. The van der Waals surface area contributed by atoms with Gasteiger partial charge in [0.05, 0.1) is 11.5 Å². The van der Waals surface area contributed by atoms with Crippen LogP contribution in [0.25, 0.3) is 0 Å². The Kier molecular flexibility index (Phi) is 3.95. The van der Waals surface area contributed by atoms with Crippen LogP contribution in [0, 0.1) is 12.3 Å². The molecule has 1 saturated carbocycles. The van der Waals surface area contributed by atoms with Gasteiger partial charge >= 0.3 is 0 Å². The maximum absolute atomic E-state index is 12.5. The predicted octanol–water partition coefficient (Wildman–Crippen LogP) is 2.69. The molecular weight excluding hydrogens is 236 g/mol. The number of hydrogen-bond acceptors (Lipinski definition) is 2. The predicted molar refractivity (Wildman–Crippen MR) is 77.7 cm³/mol. The molecule has 104 valence electrons. The van der Waals surface area contributed by atoms with Crippen molar-refractivity contribution in [1.29, 1.82) is 0 Å². The number of carbonyl (C=O) groups is 1. The molecule has 19 heavy (non-hydrogen) atoms. The first-order valence-electron chi connectivity index (χ1n) is 7.07. The maximum atomic E-state index is 12.5. The van der Waals surface area contributed by atoms with Crippen LogP contribution in [0.2, 0.25) is 0 Å². The van der Waals surface area contributed by atoms with Crippen molar-refractivity contribution in [2.24, 2.45) is 11.1 Å². The van der Waals surface area contributed by atoms with Crippen molar-refractivity contribution in [2.75, 3.05) is 0 Å². The van der Waals surface area contributed by atoms with Gasteiger partial charge in [0.2, 0.25) is 5.91 Å². The second-order valence-corrected chi connectivity index (χ2v) is 5.97. The van der Waals surface area contributed by atoms with Crippen molar-refractivity contribution in [3.63, 3.8) is 0 Å². The number of hydrogen-bond donors (Lipinski definition) is 2. The molecule has 1 aliphatic carbocycles. The fourth-order valence-electron chi connectivity index (χ4n) is 2.99. The molecule has 1 aromatic rings. The number of rotatable bonds is 3. The zero-order valence-electron chi connectivity index (χ0n) is 12.1. The van der Waals surface area contributed by atoms with Crippen molar-refractivity contribution in [1.82, 2.24) is 5.32 Å². The molecule has 1 fully saturated rings. The molecule has 3 heteroatoms. The lowest BCUT2D eigenvalue weighted by Gasteiger charge is -2.29. The lowest BCUT2D eigenvalue weighted by atomic mass is 9.83. The minimum absolute atomic E-state index is 0.0171. The number of amides is 1. The van der Waals surface area contributed by atoms with Crippen molar-refractivity contribution < 1.29 is 4.79 Å². The largest absolute Gasteiger partial charge is 0.349 e. The summed E-state index contributed by atoms with van der Waals surface area (Å²) in [6, 6.07) is 8.17. The molecule has 1 aromatic carbocycles. The van der Waals surface area contributed by atoms with Gasteiger partial charge in [0.15, 0.2) is 0 Å². The Balaban J connectivity index is 2.09. The van der Waals surface area contributed by atoms with E-state index in [1.54, 1.807) is 0 Å². The smallest absolute Gasteiger partial charge is 0.227 e. The summed E-state index contributed by atoms with van der Waals surface area (Å²) in [5.74, 6) is 0.0910. The van der Waals surface area contributed by atoms with E-state index in [1.807, 2.05) is 26.0 Å². The third kappa shape index (κ3) is 2.66. The number of nitrogens with one attached hydrogen (secondary N) is 1. The van der Waals surface area contributed by atoms with Crippen LogP contribution in [0.3, 0.4) is 0 Å². The highest BCUT2D eigenvalue weighted by Crippen LogP contribution is 2.37. The number of aryl methyl sites for hydroxylation is 1. The van der Waals surface area contributed by atoms with Gasteiger partial charge in [-0.25, -0.2) is 0 Å². The molecule has 0 saturated heterocycles. The molecule has 2 rings (SSSR count). The van der Waals surface area contributed by atoms with E-state index in [-0.39, 0.29) is 18.0 Å². The zero-order valence-corrected chi connectivity index (χ0v) is 12.1. The summed E-state index contributed by atoms with van der Waals surface area (Å²) in [5, 5.41) is 3.13. The van der Waals surface area contributed by atoms with Crippen molar-refractivity contribution in [3.05, 3.63) is 35.4 Å². The monoisotopic (exact) mass is 260 g/mol. The van der Waals surface area contributed by atoms with Crippen LogP contribution in [0.5, 0.6) is 0 Å². The first-order valence-corrected chi connectivity index (χ1v) is 7.07. The number of carbonyl (C=O) groups excluding carboxylic acids is 1. The van der Waals surface area contributed by atoms with E-state index in [9.17, 15) is 4.79 Å². The summed E-state index contributed by atoms with van der Waals surface area (Å²) in [4.78, 5) is 12.5. The van der Waals surface area contributed by atoms with Crippen molar-refractivity contribution >= 4 is 5.91 Å². The summed E-state index contributed by atoms with van der Waals surface area (Å²) >= 11 is 0. The molecule has 3 N–H and O–H groups in total. The molecule has 3 nitrogen and oxygen atoms in total. The molecule has 0 spiro atoms. The van der Waals surface area contributed by atoms with Gasteiger partial charge in [-0.3, -0.25) is 4.79 Å². The van der Waals surface area contributed by atoms with Gasteiger partial charge in [-0.05, 0) is 44.7 Å². The summed E-state index contributed by atoms with van der Waals surface area (Å²) in [6.07, 6.45) is 2.88. The van der Waals surface area contributed by atoms with Crippen LogP contribution in [0.1, 0.15) is 50.3 Å². The third-order valence-corrected chi connectivity index (χ3v) is 4.55. The number of benzene rings is 1. The van der Waals surface area contributed by atoms with E-state index >= 15 is 0 Å². The highest BCUT2D eigenvalue weighted by atomic mass is 16.2. The summed E-state index contributed by atoms with van der Waals surface area (Å²) in [7, 11) is 0. The second kappa shape index (κ2) is 5.33. The molecule has 0 heterocycles. The molecule has 3 atom stereocenters. The summed E-state index contributed by atoms with van der Waals surface area (Å²) in [6.45, 7) is 6.09. The molecule has 0 aliphatic heterocycles.